The molecule has 4 N–H and O–H groups in total. The molecule has 5 rings (SSSR count). The third-order valence-electron chi connectivity index (χ3n) is 5.60. The highest BCUT2D eigenvalue weighted by Crippen LogP contribution is 2.33. The van der Waals surface area contributed by atoms with Gasteiger partial charge in [0.25, 0.3) is 5.56 Å². The van der Waals surface area contributed by atoms with Gasteiger partial charge in [0.2, 0.25) is 15.9 Å². The van der Waals surface area contributed by atoms with Crippen LogP contribution in [0.4, 0.5) is 5.69 Å². The van der Waals surface area contributed by atoms with Crippen LogP contribution in [0.3, 0.4) is 0 Å². The van der Waals surface area contributed by atoms with Crippen LogP contribution in [0.2, 0.25) is 0 Å². The SMILES string of the molecule is Cc1ccc(-c2cc(-c3cccs3)c3c(=O)[nH]c(SCC(=O)Nc4ccc(S(N)(=O)=O)cc4)nc3n2)cc1. The van der Waals surface area contributed by atoms with E-state index in [4.69, 9.17) is 10.1 Å². The largest absolute Gasteiger partial charge is 0.325 e. The van der Waals surface area contributed by atoms with Crippen LogP contribution in [-0.4, -0.2) is 35.0 Å². The topological polar surface area (TPSA) is 148 Å². The van der Waals surface area contributed by atoms with E-state index in [0.717, 1.165) is 33.3 Å². The number of carbonyl (C=O) groups excluding carboxylic acids is 1. The van der Waals surface area contributed by atoms with Crippen LogP contribution in [0.15, 0.2) is 87.0 Å². The Bertz CT molecular complexity index is 1800. The number of H-pyrrole nitrogens is 1. The number of primary sulfonamides is 1. The third kappa shape index (κ3) is 5.68. The lowest BCUT2D eigenvalue weighted by Crippen LogP contribution is -2.16. The maximum atomic E-state index is 13.2. The number of hydrogen-bond donors (Lipinski definition) is 3. The molecule has 0 bridgehead atoms. The van der Waals surface area contributed by atoms with Crippen LogP contribution < -0.4 is 16.0 Å². The van der Waals surface area contributed by atoms with Crippen molar-refractivity contribution in [2.45, 2.75) is 17.0 Å². The van der Waals surface area contributed by atoms with Crippen molar-refractivity contribution in [3.8, 4) is 21.7 Å². The number of nitrogens with zero attached hydrogens (tertiary/aromatic N) is 2. The monoisotopic (exact) mass is 563 g/mol. The Labute approximate surface area is 226 Å². The Morgan fingerprint density at radius 2 is 1.82 bits per heavy atom. The fourth-order valence-corrected chi connectivity index (χ4v) is 5.67. The molecule has 1 amide bonds. The predicted molar refractivity (Wildman–Crippen MR) is 151 cm³/mol. The van der Waals surface area contributed by atoms with Crippen molar-refractivity contribution in [1.29, 1.82) is 0 Å². The first kappa shape index (κ1) is 25.8. The zero-order chi connectivity index (χ0) is 26.9. The number of carbonyl (C=O) groups is 1. The molecule has 0 aliphatic heterocycles. The zero-order valence-electron chi connectivity index (χ0n) is 20.0. The smallest absolute Gasteiger partial charge is 0.261 e. The Morgan fingerprint density at radius 3 is 2.47 bits per heavy atom. The molecule has 0 unspecified atom stereocenters. The fraction of sp³-hybridized carbons (Fsp3) is 0.0769. The fourth-order valence-electron chi connectivity index (χ4n) is 3.75. The van der Waals surface area contributed by atoms with Crippen LogP contribution in [-0.2, 0) is 14.8 Å². The highest BCUT2D eigenvalue weighted by atomic mass is 32.2. The maximum absolute atomic E-state index is 13.2. The number of aryl methyl sites for hydroxylation is 1. The molecule has 192 valence electrons. The highest BCUT2D eigenvalue weighted by Gasteiger charge is 2.17. The quantitative estimate of drug-likeness (QED) is 0.196. The minimum absolute atomic E-state index is 0.0409. The number of nitrogens with two attached hydrogens (primary N) is 1. The summed E-state index contributed by atoms with van der Waals surface area (Å²) in [6.45, 7) is 2.01. The molecule has 0 saturated heterocycles. The number of sulfonamides is 1. The minimum atomic E-state index is -3.82. The molecule has 12 heteroatoms. The molecule has 0 saturated carbocycles. The number of aromatic nitrogens is 3. The number of amides is 1. The van der Waals surface area contributed by atoms with Gasteiger partial charge in [0, 0.05) is 21.7 Å². The molecule has 0 fully saturated rings. The lowest BCUT2D eigenvalue weighted by Gasteiger charge is -2.10. The van der Waals surface area contributed by atoms with E-state index >= 15 is 0 Å². The number of nitrogens with one attached hydrogen (secondary N) is 2. The van der Waals surface area contributed by atoms with Crippen LogP contribution >= 0.6 is 23.1 Å². The van der Waals surface area contributed by atoms with Gasteiger partial charge in [-0.1, -0.05) is 47.7 Å². The van der Waals surface area contributed by atoms with E-state index in [1.54, 1.807) is 0 Å². The molecular formula is C26H21N5O4S3. The van der Waals surface area contributed by atoms with Gasteiger partial charge in [0.15, 0.2) is 10.8 Å². The Balaban J connectivity index is 1.43. The number of thioether (sulfide) groups is 1. The third-order valence-corrected chi connectivity index (χ3v) is 8.30. The van der Waals surface area contributed by atoms with E-state index in [1.165, 1.54) is 35.6 Å². The second kappa shape index (κ2) is 10.5. The summed E-state index contributed by atoms with van der Waals surface area (Å²) >= 11 is 2.58. The van der Waals surface area contributed by atoms with Gasteiger partial charge in [0.05, 0.1) is 21.7 Å². The number of aromatic amines is 1. The molecule has 0 spiro atoms. The Morgan fingerprint density at radius 1 is 1.08 bits per heavy atom. The van der Waals surface area contributed by atoms with Gasteiger partial charge in [-0.25, -0.2) is 23.5 Å². The molecule has 38 heavy (non-hydrogen) atoms. The summed E-state index contributed by atoms with van der Waals surface area (Å²) in [4.78, 5) is 38.5. The molecule has 0 aliphatic rings. The summed E-state index contributed by atoms with van der Waals surface area (Å²) < 4.78 is 22.8. The van der Waals surface area contributed by atoms with Crippen molar-refractivity contribution in [2.24, 2.45) is 5.14 Å². The van der Waals surface area contributed by atoms with E-state index in [1.807, 2.05) is 54.8 Å². The molecule has 9 nitrogen and oxygen atoms in total. The summed E-state index contributed by atoms with van der Waals surface area (Å²) in [6, 6.07) is 19.2. The number of anilines is 1. The number of fused-ring (bicyclic) bond motifs is 1. The van der Waals surface area contributed by atoms with Gasteiger partial charge < -0.3 is 10.3 Å². The second-order valence-corrected chi connectivity index (χ2v) is 11.8. The minimum Gasteiger partial charge on any atom is -0.325 e. The first-order valence-corrected chi connectivity index (χ1v) is 14.7. The average Bonchev–Trinajstić information content (AvgIpc) is 3.42. The van der Waals surface area contributed by atoms with Crippen molar-refractivity contribution in [3.05, 3.63) is 88.0 Å². The predicted octanol–water partition coefficient (Wildman–Crippen LogP) is 4.40. The van der Waals surface area contributed by atoms with Gasteiger partial charge in [-0.05, 0) is 48.7 Å². The normalized spacial score (nSPS) is 11.5. The van der Waals surface area contributed by atoms with E-state index in [2.05, 4.69) is 15.3 Å². The molecule has 0 aliphatic carbocycles. The second-order valence-electron chi connectivity index (χ2n) is 8.37. The van der Waals surface area contributed by atoms with Gasteiger partial charge in [0.1, 0.15) is 0 Å². The van der Waals surface area contributed by atoms with Crippen molar-refractivity contribution in [1.82, 2.24) is 15.0 Å². The summed E-state index contributed by atoms with van der Waals surface area (Å²) in [7, 11) is -3.82. The van der Waals surface area contributed by atoms with Crippen LogP contribution in [0.1, 0.15) is 5.56 Å². The van der Waals surface area contributed by atoms with E-state index in [9.17, 15) is 18.0 Å². The summed E-state index contributed by atoms with van der Waals surface area (Å²) in [5, 5.41) is 10.4. The van der Waals surface area contributed by atoms with Gasteiger partial charge in [-0.2, -0.15) is 0 Å². The van der Waals surface area contributed by atoms with Crippen molar-refractivity contribution >= 4 is 55.7 Å². The summed E-state index contributed by atoms with van der Waals surface area (Å²) in [5.74, 6) is -0.400. The van der Waals surface area contributed by atoms with Gasteiger partial charge >= 0.3 is 0 Å². The number of pyridine rings is 1. The maximum Gasteiger partial charge on any atom is 0.261 e. The molecule has 5 aromatic rings. The highest BCUT2D eigenvalue weighted by molar-refractivity contribution is 7.99. The van der Waals surface area contributed by atoms with Crippen LogP contribution in [0.5, 0.6) is 0 Å². The van der Waals surface area contributed by atoms with Crippen LogP contribution in [0.25, 0.3) is 32.7 Å². The number of thiophene rings is 1. The number of hydrogen-bond acceptors (Lipinski definition) is 8. The molecule has 3 aromatic heterocycles. The molecule has 3 heterocycles. The summed E-state index contributed by atoms with van der Waals surface area (Å²) in [5.41, 5.74) is 3.81. The Kier molecular flexibility index (Phi) is 7.13. The van der Waals surface area contributed by atoms with Gasteiger partial charge in [-0.15, -0.1) is 11.3 Å². The number of rotatable bonds is 7. The number of benzene rings is 2. The van der Waals surface area contributed by atoms with Crippen molar-refractivity contribution in [2.75, 3.05) is 11.1 Å². The summed E-state index contributed by atoms with van der Waals surface area (Å²) in [6.07, 6.45) is 0. The molecule has 0 radical (unpaired) electrons. The van der Waals surface area contributed by atoms with Crippen molar-refractivity contribution in [3.63, 3.8) is 0 Å². The first-order chi connectivity index (χ1) is 18.2. The standard InChI is InChI=1S/C26H21N5O4S3/c1-15-4-6-16(7-5-15)20-13-19(21-3-2-12-36-21)23-24(29-20)30-26(31-25(23)33)37-14-22(32)28-17-8-10-18(11-9-17)38(27,34)35/h2-13H,14H2,1H3,(H,28,32)(H2,27,34,35)(H,29,30,31,33). The first-order valence-electron chi connectivity index (χ1n) is 11.3. The Hall–Kier alpha value is -3.84. The lowest BCUT2D eigenvalue weighted by atomic mass is 10.0. The average molecular weight is 564 g/mol. The lowest BCUT2D eigenvalue weighted by molar-refractivity contribution is -0.113. The molecule has 0 atom stereocenters. The van der Waals surface area contributed by atoms with Crippen LogP contribution in [0, 0.1) is 6.92 Å². The van der Waals surface area contributed by atoms with E-state index in [-0.39, 0.29) is 32.9 Å². The van der Waals surface area contributed by atoms with E-state index in [0.29, 0.717) is 16.8 Å². The van der Waals surface area contributed by atoms with Crippen molar-refractivity contribution < 1.29 is 13.2 Å². The van der Waals surface area contributed by atoms with Gasteiger partial charge in [-0.3, -0.25) is 9.59 Å². The molecular weight excluding hydrogens is 543 g/mol. The zero-order valence-corrected chi connectivity index (χ0v) is 22.4. The van der Waals surface area contributed by atoms with E-state index < -0.39 is 10.0 Å². The molecule has 2 aromatic carbocycles.